The van der Waals surface area contributed by atoms with Gasteiger partial charge in [-0.3, -0.25) is 0 Å². The van der Waals surface area contributed by atoms with Crippen molar-refractivity contribution >= 4 is 16.7 Å². The van der Waals surface area contributed by atoms with Crippen LogP contribution in [-0.4, -0.2) is 11.1 Å². The van der Waals surface area contributed by atoms with Gasteiger partial charge in [0.1, 0.15) is 12.4 Å². The van der Waals surface area contributed by atoms with E-state index in [2.05, 4.69) is 6.58 Å². The van der Waals surface area contributed by atoms with Crippen LogP contribution in [0, 0.1) is 0 Å². The fourth-order valence-electron chi connectivity index (χ4n) is 1.64. The summed E-state index contributed by atoms with van der Waals surface area (Å²) >= 11 is 0. The molecule has 0 aliphatic heterocycles. The zero-order chi connectivity index (χ0) is 13.1. The number of carbonyl (C=O) groups is 1. The molecule has 0 fully saturated rings. The molecule has 0 amide bonds. The number of phenolic OH excluding ortho intramolecular Hbond substituents is 1. The van der Waals surface area contributed by atoms with Crippen molar-refractivity contribution in [1.82, 2.24) is 0 Å². The summed E-state index contributed by atoms with van der Waals surface area (Å²) in [6.45, 7) is 5.37. The van der Waals surface area contributed by atoms with E-state index in [9.17, 15) is 9.90 Å². The van der Waals surface area contributed by atoms with Gasteiger partial charge in [0.05, 0.1) is 0 Å². The van der Waals surface area contributed by atoms with Crippen LogP contribution >= 0.6 is 0 Å². The van der Waals surface area contributed by atoms with Crippen molar-refractivity contribution in [2.45, 2.75) is 13.5 Å². The molecule has 0 aliphatic carbocycles. The van der Waals surface area contributed by atoms with Crippen LogP contribution in [-0.2, 0) is 48.8 Å². The number of hydrogen-bond donors (Lipinski definition) is 1. The van der Waals surface area contributed by atoms with Crippen LogP contribution in [0.2, 0.25) is 0 Å². The summed E-state index contributed by atoms with van der Waals surface area (Å²) in [5, 5.41) is 11.3. The summed E-state index contributed by atoms with van der Waals surface area (Å²) in [7, 11) is 0. The molecule has 1 N–H and O–H groups in total. The van der Waals surface area contributed by atoms with Gasteiger partial charge in [0.25, 0.3) is 0 Å². The summed E-state index contributed by atoms with van der Waals surface area (Å²) in [6.07, 6.45) is 0. The van der Waals surface area contributed by atoms with Crippen LogP contribution in [0.1, 0.15) is 12.5 Å². The molecule has 0 heterocycles. The van der Waals surface area contributed by atoms with Crippen LogP contribution in [0.25, 0.3) is 10.8 Å². The molecule has 0 unspecified atom stereocenters. The number of hydrogen-bond acceptors (Lipinski definition) is 3. The summed E-state index contributed by atoms with van der Waals surface area (Å²) in [4.78, 5) is 11.3. The van der Waals surface area contributed by atoms with Crippen LogP contribution in [0.4, 0.5) is 0 Å². The van der Waals surface area contributed by atoms with Gasteiger partial charge < -0.3 is 9.84 Å². The van der Waals surface area contributed by atoms with Crippen molar-refractivity contribution in [1.29, 1.82) is 0 Å². The van der Waals surface area contributed by atoms with Crippen LogP contribution in [0.3, 0.4) is 0 Å². The van der Waals surface area contributed by atoms with E-state index in [4.69, 9.17) is 4.74 Å². The Labute approximate surface area is 137 Å². The van der Waals surface area contributed by atoms with E-state index in [1.165, 1.54) is 0 Å². The molecule has 0 saturated heterocycles. The smallest absolute Gasteiger partial charge is 0.333 e. The summed E-state index contributed by atoms with van der Waals surface area (Å²) in [5.74, 6) is -0.148. The molecule has 1 radical (unpaired) electrons. The van der Waals surface area contributed by atoms with E-state index in [1.54, 1.807) is 19.1 Å². The molecule has 0 aromatic heterocycles. The van der Waals surface area contributed by atoms with E-state index in [1.807, 2.05) is 24.3 Å². The zero-order valence-electron chi connectivity index (χ0n) is 10.7. The molecular weight excluding hydrogens is 317 g/mol. The number of benzene rings is 2. The molecule has 0 spiro atoms. The van der Waals surface area contributed by atoms with Gasteiger partial charge in [-0.1, -0.05) is 24.8 Å². The number of fused-ring (bicyclic) bond motifs is 1. The molecule has 0 atom stereocenters. The topological polar surface area (TPSA) is 46.5 Å². The van der Waals surface area contributed by atoms with Crippen LogP contribution < -0.4 is 0 Å². The van der Waals surface area contributed by atoms with Gasteiger partial charge in [0.2, 0.25) is 0 Å². The minimum atomic E-state index is -0.388. The van der Waals surface area contributed by atoms with Crippen molar-refractivity contribution in [3.63, 3.8) is 0 Å². The van der Waals surface area contributed by atoms with Gasteiger partial charge in [-0.2, -0.15) is 0 Å². The quantitative estimate of drug-likeness (QED) is 0.694. The molecule has 0 saturated carbocycles. The first-order valence-electron chi connectivity index (χ1n) is 5.60. The molecule has 95 valence electrons. The summed E-state index contributed by atoms with van der Waals surface area (Å²) in [5.41, 5.74) is 1.29. The van der Waals surface area contributed by atoms with E-state index in [0.717, 1.165) is 16.3 Å². The molecule has 0 aliphatic rings. The van der Waals surface area contributed by atoms with E-state index < -0.39 is 0 Å². The first-order chi connectivity index (χ1) is 8.56. The minimum absolute atomic E-state index is 0. The summed E-state index contributed by atoms with van der Waals surface area (Å²) in [6, 6.07) is 10.8. The van der Waals surface area contributed by atoms with Crippen molar-refractivity contribution in [2.24, 2.45) is 0 Å². The molecule has 2 aromatic carbocycles. The van der Waals surface area contributed by atoms with Crippen molar-refractivity contribution < 1.29 is 47.3 Å². The third-order valence-electron chi connectivity index (χ3n) is 2.61. The van der Waals surface area contributed by atoms with E-state index >= 15 is 0 Å². The normalized spacial score (nSPS) is 9.74. The molecule has 2 rings (SSSR count). The Morgan fingerprint density at radius 2 is 1.84 bits per heavy atom. The zero-order valence-corrected chi connectivity index (χ0v) is 13.6. The molecular formula is C15H14O3Y. The predicted octanol–water partition coefficient (Wildman–Crippen LogP) is 3.16. The van der Waals surface area contributed by atoms with Crippen molar-refractivity contribution in [3.8, 4) is 5.75 Å². The molecule has 3 nitrogen and oxygen atoms in total. The first-order valence-corrected chi connectivity index (χ1v) is 5.60. The number of esters is 1. The molecule has 19 heavy (non-hydrogen) atoms. The first kappa shape index (κ1) is 15.9. The Bertz CT molecular complexity index is 620. The number of aromatic hydroxyl groups is 1. The van der Waals surface area contributed by atoms with Gasteiger partial charge in [0, 0.05) is 38.3 Å². The molecule has 2 aromatic rings. The van der Waals surface area contributed by atoms with Crippen LogP contribution in [0.5, 0.6) is 5.75 Å². The fraction of sp³-hybridized carbons (Fsp3) is 0.133. The van der Waals surface area contributed by atoms with Gasteiger partial charge in [-0.05, 0) is 41.5 Å². The number of carbonyl (C=O) groups excluding carboxylic acids is 1. The number of rotatable bonds is 3. The molecule has 4 heteroatoms. The Morgan fingerprint density at radius 3 is 2.53 bits per heavy atom. The maximum absolute atomic E-state index is 11.3. The standard InChI is InChI=1S/C15H14O3.Y/c1-10(2)15(17)18-9-11-3-4-13-8-14(16)6-5-12(13)7-11;/h3-8,16H,1,9H2,2H3;. The number of phenols is 1. The molecule has 0 bridgehead atoms. The Morgan fingerprint density at radius 1 is 1.21 bits per heavy atom. The predicted molar refractivity (Wildman–Crippen MR) is 70.2 cm³/mol. The maximum atomic E-state index is 11.3. The Balaban J connectivity index is 0.00000180. The van der Waals surface area contributed by atoms with Gasteiger partial charge >= 0.3 is 5.97 Å². The largest absolute Gasteiger partial charge is 0.508 e. The van der Waals surface area contributed by atoms with E-state index in [-0.39, 0.29) is 51.0 Å². The SMILES string of the molecule is C=C(C)C(=O)OCc1ccc2cc(O)ccc2c1.[Y]. The Hall–Kier alpha value is -1.19. The second kappa shape index (κ2) is 6.83. The third-order valence-corrected chi connectivity index (χ3v) is 2.61. The van der Waals surface area contributed by atoms with Crippen LogP contribution in [0.15, 0.2) is 48.6 Å². The van der Waals surface area contributed by atoms with Gasteiger partial charge in [0.15, 0.2) is 0 Å². The summed E-state index contributed by atoms with van der Waals surface area (Å²) < 4.78 is 5.07. The van der Waals surface area contributed by atoms with Crippen molar-refractivity contribution in [3.05, 3.63) is 54.1 Å². The van der Waals surface area contributed by atoms with E-state index in [0.29, 0.717) is 5.57 Å². The second-order valence-electron chi connectivity index (χ2n) is 4.22. The fourth-order valence-corrected chi connectivity index (χ4v) is 1.64. The number of ether oxygens (including phenoxy) is 1. The monoisotopic (exact) mass is 331 g/mol. The van der Waals surface area contributed by atoms with Gasteiger partial charge in [-0.15, -0.1) is 0 Å². The second-order valence-corrected chi connectivity index (χ2v) is 4.22. The van der Waals surface area contributed by atoms with Gasteiger partial charge in [-0.25, -0.2) is 4.79 Å². The minimum Gasteiger partial charge on any atom is -0.508 e. The average Bonchev–Trinajstić information content (AvgIpc) is 2.35. The average molecular weight is 331 g/mol. The third kappa shape index (κ3) is 4.15. The Kier molecular flexibility index (Phi) is 5.70. The van der Waals surface area contributed by atoms with Crippen molar-refractivity contribution in [2.75, 3.05) is 0 Å². The maximum Gasteiger partial charge on any atom is 0.333 e.